The summed E-state index contributed by atoms with van der Waals surface area (Å²) in [4.78, 5) is 127. The third kappa shape index (κ3) is 20.4. The Kier molecular flexibility index (Phi) is 29.1. The van der Waals surface area contributed by atoms with Gasteiger partial charge in [0.2, 0.25) is 46.0 Å². The number of aliphatic hydroxyl groups is 1. The van der Waals surface area contributed by atoms with Gasteiger partial charge in [0.15, 0.2) is 0 Å². The number of H-pyrrole nitrogens is 5. The van der Waals surface area contributed by atoms with Crippen molar-refractivity contribution in [1.82, 2.24) is 57.3 Å². The minimum Gasteiger partial charge on any atom is -0.480 e. The molecule has 15 aromatic rings. The van der Waals surface area contributed by atoms with Gasteiger partial charge >= 0.3 is 11.9 Å². The number of ether oxygens (including phenoxy) is 1. The summed E-state index contributed by atoms with van der Waals surface area (Å²) >= 11 is 0. The number of fused-ring (bicyclic) bond motifs is 15. The lowest BCUT2D eigenvalue weighted by atomic mass is 9.98. The Bertz CT molecular complexity index is 7960. The van der Waals surface area contributed by atoms with Gasteiger partial charge in [0.1, 0.15) is 6.04 Å². The first-order chi connectivity index (χ1) is 64.6. The quantitative estimate of drug-likeness (QED) is 0.0292. The molecule has 36 heteroatoms. The Hall–Kier alpha value is -13.0. The Morgan fingerprint density at radius 1 is 0.415 bits per heavy atom. The molecular formula is C99H104N12O20S4. The highest BCUT2D eigenvalue weighted by atomic mass is 32.2. The number of carboxylic acid groups (broad SMARTS) is 1. The summed E-state index contributed by atoms with van der Waals surface area (Å²) in [6.45, 7) is 16.4. The van der Waals surface area contributed by atoms with Crippen LogP contribution in [0.25, 0.3) is 108 Å². The zero-order chi connectivity index (χ0) is 96.1. The van der Waals surface area contributed by atoms with E-state index in [1.165, 1.54) is 44.1 Å². The van der Waals surface area contributed by atoms with Crippen LogP contribution in [0.15, 0.2) is 256 Å². The molecule has 135 heavy (non-hydrogen) atoms. The number of esters is 1. The molecule has 0 saturated carbocycles. The smallest absolute Gasteiger partial charge is 0.322 e. The van der Waals surface area contributed by atoms with Gasteiger partial charge in [-0.3, -0.25) is 48.1 Å². The monoisotopic (exact) mass is 1910 g/mol. The van der Waals surface area contributed by atoms with Gasteiger partial charge < -0.3 is 50.1 Å². The van der Waals surface area contributed by atoms with Crippen molar-refractivity contribution in [2.24, 2.45) is 11.8 Å². The first-order valence-corrected chi connectivity index (χ1v) is 50.4. The maximum absolute atomic E-state index is 13.2. The molecule has 4 aliphatic heterocycles. The summed E-state index contributed by atoms with van der Waals surface area (Å²) in [5.41, 5.74) is 2.67. The van der Waals surface area contributed by atoms with E-state index in [4.69, 9.17) is 4.74 Å². The Labute approximate surface area is 776 Å². The van der Waals surface area contributed by atoms with Crippen molar-refractivity contribution in [3.05, 3.63) is 270 Å². The minimum atomic E-state index is -3.94. The van der Waals surface area contributed by atoms with Crippen LogP contribution in [-0.2, 0) is 59.2 Å². The predicted molar refractivity (Wildman–Crippen MR) is 522 cm³/mol. The first kappa shape index (κ1) is 96.6. The molecule has 4 saturated heterocycles. The van der Waals surface area contributed by atoms with E-state index in [1.807, 2.05) is 105 Å². The standard InChI is InChI=1S/C21H24N4O4S.C21H22N2O5S.C20H22N2O2.C19H20N2O4S.C18H16N2O5S/c1-15(26)22-8-9-24-10-12-25(13-11-24)30(28,29)16-6-7-20-19(14-16)17-4-2-3-5-18(17)21(27)23-20;1-2-28-21(25)14-9-11-23(12-10-14)29(26,27)15-7-8-19-18(13-15)16-5-3-4-6-17(16)20(24)22-19;1-12(2)22(13(3)4)20(24)14-9-10-16-15-7-5-6-8-17(15)19(23)21-18(16)11-14;22-12-13-4-3-9-21(11-13)26(24,25)14-7-8-18-17(10-14)15-5-1-2-6-16(15)19(23)20-18;21-17-13-5-2-1-4-12(13)14-10-11(7-8-15(14)19-17)26(24,25)20-9-3-6-16(20)18(22)23/h2-7,14H,8-13H2,1H3,(H,22,26)(H,23,27);3-8,13-14H,2,9-12H2,1H3,(H,22,24);5-13H,1-4H3,(H,21,23);1-2,5-8,10,13,22H,3-4,9,11-12H2,(H,20,23);1-2,4-5,7-8,10,16H,3,6,9H2,(H,19,21)(H,22,23). The summed E-state index contributed by atoms with van der Waals surface area (Å²) in [5.74, 6) is -1.76. The van der Waals surface area contributed by atoms with Gasteiger partial charge in [-0.1, -0.05) is 97.1 Å². The number of rotatable bonds is 18. The van der Waals surface area contributed by atoms with Crippen molar-refractivity contribution in [3.8, 4) is 0 Å². The molecule has 19 rings (SSSR count). The number of nitrogens with one attached hydrogen (secondary N) is 6. The summed E-state index contributed by atoms with van der Waals surface area (Å²) < 4.78 is 115. The fourth-order valence-corrected chi connectivity index (χ4v) is 24.5. The van der Waals surface area contributed by atoms with Crippen molar-refractivity contribution in [2.45, 2.75) is 118 Å². The summed E-state index contributed by atoms with van der Waals surface area (Å²) in [7, 11) is -14.9. The second kappa shape index (κ2) is 40.7. The Morgan fingerprint density at radius 3 is 1.16 bits per heavy atom. The number of pyridine rings is 5. The summed E-state index contributed by atoms with van der Waals surface area (Å²) in [5, 5.41) is 31.5. The number of hydrogen-bond donors (Lipinski definition) is 8. The van der Waals surface area contributed by atoms with Crippen LogP contribution in [0, 0.1) is 11.8 Å². The zero-order valence-electron chi connectivity index (χ0n) is 75.1. The van der Waals surface area contributed by atoms with Gasteiger partial charge in [0.25, 0.3) is 33.7 Å². The maximum atomic E-state index is 13.2. The molecule has 0 bridgehead atoms. The highest BCUT2D eigenvalue weighted by Crippen LogP contribution is 2.36. The number of aliphatic hydroxyl groups excluding tert-OH is 1. The van der Waals surface area contributed by atoms with Crippen LogP contribution in [0.4, 0.5) is 0 Å². The van der Waals surface area contributed by atoms with E-state index in [-0.39, 0.29) is 115 Å². The Morgan fingerprint density at radius 2 is 0.778 bits per heavy atom. The van der Waals surface area contributed by atoms with E-state index in [0.717, 1.165) is 38.7 Å². The summed E-state index contributed by atoms with van der Waals surface area (Å²) in [6.07, 6.45) is 3.29. The SMILES string of the molecule is CC(=O)NCCN1CCN(S(=O)(=O)c2ccc3[nH]c(=O)c4ccccc4c3c2)CC1.CC(C)N(C(=O)c1ccc2c(c1)[nH]c(=O)c1ccccc12)C(C)C.CCOC(=O)C1CCN(S(=O)(=O)c2ccc3[nH]c(=O)c4ccccc4c3c2)CC1.O=C(O)C1CCCN1S(=O)(=O)c1ccc2[nH]c(=O)c3ccccc3c2c1.O=c1[nH]c2ccc(S(=O)(=O)N3CCCC(CO)C3)cc2c2ccccc12. The Balaban J connectivity index is 0.000000129. The normalized spacial score (nSPS) is 16.4. The van der Waals surface area contributed by atoms with E-state index in [9.17, 15) is 87.0 Å². The number of piperazine rings is 1. The van der Waals surface area contributed by atoms with Crippen LogP contribution < -0.4 is 33.1 Å². The molecule has 9 heterocycles. The van der Waals surface area contributed by atoms with Gasteiger partial charge in [-0.05, 0) is 221 Å². The van der Waals surface area contributed by atoms with Gasteiger partial charge in [-0.25, -0.2) is 33.7 Å². The number of carboxylic acids is 1. The molecule has 8 N–H and O–H groups in total. The predicted octanol–water partition coefficient (Wildman–Crippen LogP) is 11.7. The number of amides is 2. The maximum Gasteiger partial charge on any atom is 0.322 e. The zero-order valence-corrected chi connectivity index (χ0v) is 78.4. The van der Waals surface area contributed by atoms with E-state index >= 15 is 0 Å². The largest absolute Gasteiger partial charge is 0.480 e. The van der Waals surface area contributed by atoms with Crippen LogP contribution >= 0.6 is 0 Å². The molecule has 2 atom stereocenters. The third-order valence-electron chi connectivity index (χ3n) is 25.1. The molecular weight excluding hydrogens is 1810 g/mol. The molecule has 704 valence electrons. The van der Waals surface area contributed by atoms with E-state index in [1.54, 1.807) is 122 Å². The summed E-state index contributed by atoms with van der Waals surface area (Å²) in [6, 6.07) is 59.5. The van der Waals surface area contributed by atoms with Crippen LogP contribution in [0.5, 0.6) is 0 Å². The number of carbonyl (C=O) groups is 4. The van der Waals surface area contributed by atoms with Crippen LogP contribution in [0.2, 0.25) is 0 Å². The average Bonchev–Trinajstić information content (AvgIpc) is 1.77. The van der Waals surface area contributed by atoms with E-state index in [0.29, 0.717) is 177 Å². The van der Waals surface area contributed by atoms with Gasteiger partial charge in [0, 0.05) is 185 Å². The number of benzene rings is 10. The number of carbonyl (C=O) groups excluding carboxylic acids is 3. The number of aliphatic carboxylic acids is 1. The number of aromatic amines is 5. The van der Waals surface area contributed by atoms with Crippen molar-refractivity contribution in [1.29, 1.82) is 0 Å². The lowest BCUT2D eigenvalue weighted by Crippen LogP contribution is -2.50. The van der Waals surface area contributed by atoms with Crippen LogP contribution in [0.1, 0.15) is 90.4 Å². The molecule has 4 fully saturated rings. The molecule has 0 radical (unpaired) electrons. The van der Waals surface area contributed by atoms with Gasteiger partial charge in [-0.15, -0.1) is 0 Å². The molecule has 5 aromatic heterocycles. The lowest BCUT2D eigenvalue weighted by Gasteiger charge is -2.34. The van der Waals surface area contributed by atoms with E-state index in [2.05, 4.69) is 35.1 Å². The fraction of sp³-hybridized carbons (Fsp3) is 0.303. The van der Waals surface area contributed by atoms with Crippen LogP contribution in [-0.4, -0.2) is 223 Å². The molecule has 0 aliphatic carbocycles. The van der Waals surface area contributed by atoms with Gasteiger partial charge in [0.05, 0.1) is 32.1 Å². The fourth-order valence-electron chi connectivity index (χ4n) is 18.2. The lowest BCUT2D eigenvalue weighted by molar-refractivity contribution is -0.149. The van der Waals surface area contributed by atoms with Gasteiger partial charge in [-0.2, -0.15) is 17.2 Å². The number of piperidine rings is 2. The highest BCUT2D eigenvalue weighted by molar-refractivity contribution is 7.90. The van der Waals surface area contributed by atoms with Crippen molar-refractivity contribution < 1.29 is 67.8 Å². The molecule has 2 amide bonds. The number of aromatic nitrogens is 5. The molecule has 32 nitrogen and oxygen atoms in total. The highest BCUT2D eigenvalue weighted by Gasteiger charge is 2.41. The first-order valence-electron chi connectivity index (χ1n) is 44.6. The number of sulfonamides is 4. The molecule has 0 spiro atoms. The second-order valence-electron chi connectivity index (χ2n) is 34.3. The third-order valence-corrected chi connectivity index (χ3v) is 32.6. The number of nitrogens with zero attached hydrogens (tertiary/aromatic N) is 6. The van der Waals surface area contributed by atoms with E-state index < -0.39 is 52.1 Å². The van der Waals surface area contributed by atoms with Crippen LogP contribution in [0.3, 0.4) is 0 Å². The van der Waals surface area contributed by atoms with Crippen molar-refractivity contribution in [3.63, 3.8) is 0 Å². The second-order valence-corrected chi connectivity index (χ2v) is 42.0. The van der Waals surface area contributed by atoms with Crippen molar-refractivity contribution in [2.75, 3.05) is 85.2 Å². The average molecular weight is 1910 g/mol. The minimum absolute atomic E-state index is 0.00435. The molecule has 2 unspecified atom stereocenters. The number of hydrogen-bond acceptors (Lipinski definition) is 20. The van der Waals surface area contributed by atoms with Crippen molar-refractivity contribution >= 4 is 172 Å². The topological polar surface area (TPSA) is 450 Å². The molecule has 4 aliphatic rings. The molecule has 10 aromatic carbocycles.